The first-order valence-electron chi connectivity index (χ1n) is 6.74. The quantitative estimate of drug-likeness (QED) is 0.834. The largest absolute Gasteiger partial charge is 0.450 e. The van der Waals surface area contributed by atoms with Gasteiger partial charge >= 0.3 is 6.09 Å². The molecule has 104 valence electrons. The Hall–Kier alpha value is -1.26. The van der Waals surface area contributed by atoms with E-state index in [4.69, 9.17) is 4.74 Å². The molecule has 5 nitrogen and oxygen atoms in total. The molecule has 0 unspecified atom stereocenters. The third-order valence-corrected chi connectivity index (χ3v) is 2.95. The molecule has 0 bridgehead atoms. The van der Waals surface area contributed by atoms with Crippen LogP contribution in [0.1, 0.15) is 40.0 Å². The number of likely N-dealkylation sites (tertiary alicyclic amines) is 1. The first kappa shape index (κ1) is 14.8. The SMILES string of the molecule is CCOC(=O)N[C@H]1CCCN(C(=O)CC(C)C)C1. The van der Waals surface area contributed by atoms with E-state index in [1.54, 1.807) is 6.92 Å². The minimum absolute atomic E-state index is 0.0221. The van der Waals surface area contributed by atoms with Crippen LogP contribution in [0.25, 0.3) is 0 Å². The van der Waals surface area contributed by atoms with E-state index >= 15 is 0 Å². The molecule has 1 fully saturated rings. The Morgan fingerprint density at radius 3 is 2.78 bits per heavy atom. The second kappa shape index (κ2) is 7.24. The number of nitrogens with zero attached hydrogens (tertiary/aromatic N) is 1. The lowest BCUT2D eigenvalue weighted by Gasteiger charge is -2.33. The fraction of sp³-hybridized carbons (Fsp3) is 0.846. The van der Waals surface area contributed by atoms with Gasteiger partial charge in [0.15, 0.2) is 0 Å². The van der Waals surface area contributed by atoms with E-state index in [9.17, 15) is 9.59 Å². The molecule has 1 N–H and O–H groups in total. The van der Waals surface area contributed by atoms with Crippen molar-refractivity contribution in [3.8, 4) is 0 Å². The van der Waals surface area contributed by atoms with Crippen molar-refractivity contribution in [3.63, 3.8) is 0 Å². The van der Waals surface area contributed by atoms with Crippen molar-refractivity contribution in [2.45, 2.75) is 46.1 Å². The highest BCUT2D eigenvalue weighted by atomic mass is 16.5. The molecule has 1 aliphatic rings. The summed E-state index contributed by atoms with van der Waals surface area (Å²) in [4.78, 5) is 25.1. The van der Waals surface area contributed by atoms with Crippen LogP contribution in [0.3, 0.4) is 0 Å². The van der Waals surface area contributed by atoms with Gasteiger partial charge in [0, 0.05) is 25.6 Å². The Balaban J connectivity index is 2.40. The number of hydrogen-bond acceptors (Lipinski definition) is 3. The van der Waals surface area contributed by atoms with E-state index in [2.05, 4.69) is 5.32 Å². The van der Waals surface area contributed by atoms with E-state index in [0.717, 1.165) is 19.4 Å². The van der Waals surface area contributed by atoms with E-state index in [0.29, 0.717) is 25.5 Å². The fourth-order valence-corrected chi connectivity index (χ4v) is 2.14. The second-order valence-electron chi connectivity index (χ2n) is 5.14. The van der Waals surface area contributed by atoms with Gasteiger partial charge in [0.1, 0.15) is 0 Å². The molecule has 0 radical (unpaired) electrons. The maximum Gasteiger partial charge on any atom is 0.407 e. The summed E-state index contributed by atoms with van der Waals surface area (Å²) in [5.41, 5.74) is 0. The summed E-state index contributed by atoms with van der Waals surface area (Å²) < 4.78 is 4.85. The summed E-state index contributed by atoms with van der Waals surface area (Å²) >= 11 is 0. The number of alkyl carbamates (subject to hydrolysis) is 1. The number of hydrogen-bond donors (Lipinski definition) is 1. The standard InChI is InChI=1S/C13H24N2O3/c1-4-18-13(17)14-11-6-5-7-15(9-11)12(16)8-10(2)3/h10-11H,4-9H2,1-3H3,(H,14,17)/t11-/m0/s1. The molecule has 1 saturated heterocycles. The molecule has 5 heteroatoms. The van der Waals surface area contributed by atoms with Crippen molar-refractivity contribution in [1.82, 2.24) is 10.2 Å². The fourth-order valence-electron chi connectivity index (χ4n) is 2.14. The van der Waals surface area contributed by atoms with Gasteiger partial charge in [-0.2, -0.15) is 0 Å². The number of piperidine rings is 1. The number of rotatable bonds is 4. The van der Waals surface area contributed by atoms with Crippen LogP contribution in [0.5, 0.6) is 0 Å². The highest BCUT2D eigenvalue weighted by Gasteiger charge is 2.25. The highest BCUT2D eigenvalue weighted by molar-refractivity contribution is 5.76. The summed E-state index contributed by atoms with van der Waals surface area (Å²) in [6.07, 6.45) is 2.03. The molecule has 0 aromatic heterocycles. The number of nitrogens with one attached hydrogen (secondary N) is 1. The first-order chi connectivity index (χ1) is 8.52. The Morgan fingerprint density at radius 1 is 1.44 bits per heavy atom. The van der Waals surface area contributed by atoms with E-state index in [-0.39, 0.29) is 18.0 Å². The Morgan fingerprint density at radius 2 is 2.17 bits per heavy atom. The smallest absolute Gasteiger partial charge is 0.407 e. The van der Waals surface area contributed by atoms with Crippen LogP contribution in [-0.4, -0.2) is 42.6 Å². The van der Waals surface area contributed by atoms with Gasteiger partial charge in [-0.1, -0.05) is 13.8 Å². The van der Waals surface area contributed by atoms with Gasteiger partial charge in [-0.3, -0.25) is 4.79 Å². The molecule has 2 amide bonds. The minimum Gasteiger partial charge on any atom is -0.450 e. The van der Waals surface area contributed by atoms with Gasteiger partial charge in [-0.25, -0.2) is 4.79 Å². The molecule has 1 heterocycles. The summed E-state index contributed by atoms with van der Waals surface area (Å²) in [5, 5.41) is 2.80. The average Bonchev–Trinajstić information content (AvgIpc) is 2.28. The van der Waals surface area contributed by atoms with E-state index < -0.39 is 0 Å². The van der Waals surface area contributed by atoms with E-state index in [1.807, 2.05) is 18.7 Å². The summed E-state index contributed by atoms with van der Waals surface area (Å²) in [7, 11) is 0. The monoisotopic (exact) mass is 256 g/mol. The van der Waals surface area contributed by atoms with Crippen molar-refractivity contribution >= 4 is 12.0 Å². The van der Waals surface area contributed by atoms with Crippen LogP contribution in [0.2, 0.25) is 0 Å². The molecule has 0 aromatic carbocycles. The molecular formula is C13H24N2O3. The van der Waals surface area contributed by atoms with Crippen LogP contribution in [0.15, 0.2) is 0 Å². The van der Waals surface area contributed by atoms with Gasteiger partial charge in [-0.05, 0) is 25.7 Å². The van der Waals surface area contributed by atoms with Crippen LogP contribution in [0.4, 0.5) is 4.79 Å². The van der Waals surface area contributed by atoms with Gasteiger partial charge in [0.25, 0.3) is 0 Å². The van der Waals surface area contributed by atoms with Crippen molar-refractivity contribution in [2.24, 2.45) is 5.92 Å². The first-order valence-corrected chi connectivity index (χ1v) is 6.74. The summed E-state index contributed by atoms with van der Waals surface area (Å²) in [6, 6.07) is 0.0221. The maximum atomic E-state index is 11.9. The van der Waals surface area contributed by atoms with Crippen molar-refractivity contribution in [2.75, 3.05) is 19.7 Å². The molecule has 1 aliphatic heterocycles. The molecule has 0 saturated carbocycles. The van der Waals surface area contributed by atoms with Crippen LogP contribution in [-0.2, 0) is 9.53 Å². The third-order valence-electron chi connectivity index (χ3n) is 2.95. The Kier molecular flexibility index (Phi) is 5.95. The third kappa shape index (κ3) is 4.94. The number of carbonyl (C=O) groups is 2. The summed E-state index contributed by atoms with van der Waals surface area (Å²) in [5.74, 6) is 0.552. The number of ether oxygens (including phenoxy) is 1. The highest BCUT2D eigenvalue weighted by Crippen LogP contribution is 2.13. The van der Waals surface area contributed by atoms with Gasteiger partial charge in [0.05, 0.1) is 6.61 Å². The topological polar surface area (TPSA) is 58.6 Å². The normalized spacial score (nSPS) is 19.8. The minimum atomic E-state index is -0.388. The zero-order valence-corrected chi connectivity index (χ0v) is 11.6. The number of amides is 2. The molecule has 0 spiro atoms. The predicted octanol–water partition coefficient (Wildman–Crippen LogP) is 1.77. The molecule has 0 aliphatic carbocycles. The van der Waals surface area contributed by atoms with Crippen LogP contribution in [0, 0.1) is 5.92 Å². The zero-order valence-electron chi connectivity index (χ0n) is 11.6. The molecule has 1 rings (SSSR count). The lowest BCUT2D eigenvalue weighted by atomic mass is 10.0. The van der Waals surface area contributed by atoms with E-state index in [1.165, 1.54) is 0 Å². The molecule has 1 atom stereocenters. The summed E-state index contributed by atoms with van der Waals surface area (Å²) in [6.45, 7) is 7.62. The van der Waals surface area contributed by atoms with Crippen molar-refractivity contribution < 1.29 is 14.3 Å². The second-order valence-corrected chi connectivity index (χ2v) is 5.14. The predicted molar refractivity (Wildman–Crippen MR) is 69.2 cm³/mol. The number of carbonyl (C=O) groups excluding carboxylic acids is 2. The Bertz CT molecular complexity index is 292. The average molecular weight is 256 g/mol. The lowest BCUT2D eigenvalue weighted by molar-refractivity contribution is -0.133. The van der Waals surface area contributed by atoms with Gasteiger partial charge < -0.3 is 15.0 Å². The lowest BCUT2D eigenvalue weighted by Crippen LogP contribution is -2.49. The van der Waals surface area contributed by atoms with Gasteiger partial charge in [0.2, 0.25) is 5.91 Å². The van der Waals surface area contributed by atoms with Gasteiger partial charge in [-0.15, -0.1) is 0 Å². The van der Waals surface area contributed by atoms with Crippen molar-refractivity contribution in [1.29, 1.82) is 0 Å². The van der Waals surface area contributed by atoms with Crippen LogP contribution >= 0.6 is 0 Å². The van der Waals surface area contributed by atoms with Crippen LogP contribution < -0.4 is 5.32 Å². The van der Waals surface area contributed by atoms with Crippen molar-refractivity contribution in [3.05, 3.63) is 0 Å². The molecular weight excluding hydrogens is 232 g/mol. The zero-order chi connectivity index (χ0) is 13.5. The molecule has 18 heavy (non-hydrogen) atoms. The molecule has 0 aromatic rings. The Labute approximate surface area is 109 Å². The maximum absolute atomic E-state index is 11.9.